The third-order valence-electron chi connectivity index (χ3n) is 5.25. The van der Waals surface area contributed by atoms with Gasteiger partial charge in [0.25, 0.3) is 5.91 Å². The summed E-state index contributed by atoms with van der Waals surface area (Å²) in [6, 6.07) is 10.7. The number of hydrogen-bond acceptors (Lipinski definition) is 6. The topological polar surface area (TPSA) is 91.0 Å². The molecule has 1 aliphatic heterocycles. The normalized spacial score (nSPS) is 15.7. The molecular weight excluding hydrogens is 450 g/mol. The van der Waals surface area contributed by atoms with Crippen molar-refractivity contribution in [3.05, 3.63) is 76.4 Å². The van der Waals surface area contributed by atoms with E-state index < -0.39 is 11.6 Å². The maximum absolute atomic E-state index is 13.9. The first kappa shape index (κ1) is 22.9. The highest BCUT2D eigenvalue weighted by Gasteiger charge is 2.17. The van der Waals surface area contributed by atoms with Crippen LogP contribution in [0.1, 0.15) is 28.8 Å². The molecule has 172 valence electrons. The zero-order chi connectivity index (χ0) is 23.2. The molecule has 1 aromatic heterocycles. The number of nitrogens with zero attached hydrogens (tertiary/aromatic N) is 2. The number of nitrogens with one attached hydrogen (secondary N) is 4. The van der Waals surface area contributed by atoms with Crippen molar-refractivity contribution in [1.29, 1.82) is 0 Å². The molecule has 1 unspecified atom stereocenters. The lowest BCUT2D eigenvalue weighted by molar-refractivity contribution is 0.0930. The summed E-state index contributed by atoms with van der Waals surface area (Å²) in [5.74, 6) is -1.05. The van der Waals surface area contributed by atoms with Crippen LogP contribution in [0.15, 0.2) is 48.7 Å². The first-order valence-corrected chi connectivity index (χ1v) is 11.0. The molecule has 1 saturated heterocycles. The molecule has 33 heavy (non-hydrogen) atoms. The molecule has 1 amide bonds. The fraction of sp³-hybridized carbons (Fsp3) is 0.261. The monoisotopic (exact) mass is 472 g/mol. The number of carbonyl (C=O) groups is 1. The summed E-state index contributed by atoms with van der Waals surface area (Å²) in [7, 11) is 0. The minimum atomic E-state index is -0.662. The smallest absolute Gasteiger partial charge is 0.251 e. The van der Waals surface area contributed by atoms with Crippen molar-refractivity contribution in [3.8, 4) is 0 Å². The number of carbonyl (C=O) groups excluding carboxylic acids is 1. The number of benzene rings is 2. The third-order valence-corrected chi connectivity index (χ3v) is 5.53. The zero-order valence-electron chi connectivity index (χ0n) is 17.7. The molecule has 1 aliphatic rings. The van der Waals surface area contributed by atoms with E-state index in [2.05, 4.69) is 31.2 Å². The van der Waals surface area contributed by atoms with Gasteiger partial charge in [-0.25, -0.2) is 13.8 Å². The van der Waals surface area contributed by atoms with E-state index in [0.717, 1.165) is 25.9 Å². The van der Waals surface area contributed by atoms with Crippen LogP contribution in [0.3, 0.4) is 0 Å². The van der Waals surface area contributed by atoms with Gasteiger partial charge in [0.2, 0.25) is 5.95 Å². The second-order valence-corrected chi connectivity index (χ2v) is 8.07. The number of piperidine rings is 1. The van der Waals surface area contributed by atoms with E-state index in [0.29, 0.717) is 11.3 Å². The number of aromatic nitrogens is 2. The molecule has 1 atom stereocenters. The maximum Gasteiger partial charge on any atom is 0.251 e. The van der Waals surface area contributed by atoms with Crippen molar-refractivity contribution in [1.82, 2.24) is 20.6 Å². The van der Waals surface area contributed by atoms with E-state index in [9.17, 15) is 13.6 Å². The third kappa shape index (κ3) is 5.94. The second-order valence-electron chi connectivity index (χ2n) is 7.67. The fourth-order valence-electron chi connectivity index (χ4n) is 3.54. The summed E-state index contributed by atoms with van der Waals surface area (Å²) in [6.07, 6.45) is 3.35. The lowest BCUT2D eigenvalue weighted by Crippen LogP contribution is -2.45. The van der Waals surface area contributed by atoms with Gasteiger partial charge in [-0.15, -0.1) is 0 Å². The lowest BCUT2D eigenvalue weighted by Gasteiger charge is -2.23. The highest BCUT2D eigenvalue weighted by molar-refractivity contribution is 6.32. The van der Waals surface area contributed by atoms with Gasteiger partial charge in [0.15, 0.2) is 5.82 Å². The number of hydrogen-bond donors (Lipinski definition) is 4. The van der Waals surface area contributed by atoms with E-state index in [1.165, 1.54) is 24.4 Å². The summed E-state index contributed by atoms with van der Waals surface area (Å²) in [4.78, 5) is 21.0. The first-order valence-electron chi connectivity index (χ1n) is 10.6. The summed E-state index contributed by atoms with van der Waals surface area (Å²) >= 11 is 6.14. The van der Waals surface area contributed by atoms with E-state index in [4.69, 9.17) is 11.6 Å². The second kappa shape index (κ2) is 10.5. The Morgan fingerprint density at radius 1 is 1.18 bits per heavy atom. The number of amides is 1. The molecule has 3 aromatic rings. The van der Waals surface area contributed by atoms with Gasteiger partial charge in [-0.3, -0.25) is 4.79 Å². The minimum absolute atomic E-state index is 0.107. The van der Waals surface area contributed by atoms with Crippen LogP contribution in [0.4, 0.5) is 26.2 Å². The fourth-order valence-corrected chi connectivity index (χ4v) is 3.69. The molecule has 10 heteroatoms. The SMILES string of the molecule is O=C(NC1CCCNC1)c1cccc(Nc2ncc(Cl)c(NCc3c(F)cccc3F)n2)c1. The quantitative estimate of drug-likeness (QED) is 0.411. The summed E-state index contributed by atoms with van der Waals surface area (Å²) < 4.78 is 27.8. The Kier molecular flexibility index (Phi) is 7.31. The molecule has 1 fully saturated rings. The Hall–Kier alpha value is -3.30. The van der Waals surface area contributed by atoms with E-state index in [1.807, 2.05) is 0 Å². The van der Waals surface area contributed by atoms with Gasteiger partial charge in [-0.2, -0.15) is 4.98 Å². The molecule has 4 rings (SSSR count). The van der Waals surface area contributed by atoms with Gasteiger partial charge in [-0.05, 0) is 49.7 Å². The van der Waals surface area contributed by atoms with E-state index in [1.54, 1.807) is 24.3 Å². The predicted octanol–water partition coefficient (Wildman–Crippen LogP) is 4.25. The largest absolute Gasteiger partial charge is 0.364 e. The van der Waals surface area contributed by atoms with Crippen LogP contribution in [0.2, 0.25) is 5.02 Å². The molecule has 0 aliphatic carbocycles. The summed E-state index contributed by atoms with van der Waals surface area (Å²) in [6.45, 7) is 1.59. The Labute approximate surface area is 195 Å². The van der Waals surface area contributed by atoms with Crippen LogP contribution in [-0.4, -0.2) is 35.0 Å². The Bertz CT molecular complexity index is 1120. The van der Waals surface area contributed by atoms with Gasteiger partial charge in [0.1, 0.15) is 16.7 Å². The van der Waals surface area contributed by atoms with Crippen LogP contribution in [0, 0.1) is 11.6 Å². The van der Waals surface area contributed by atoms with Gasteiger partial charge in [-0.1, -0.05) is 23.7 Å². The van der Waals surface area contributed by atoms with Crippen LogP contribution >= 0.6 is 11.6 Å². The van der Waals surface area contributed by atoms with Crippen LogP contribution in [0.5, 0.6) is 0 Å². The Balaban J connectivity index is 1.43. The van der Waals surface area contributed by atoms with Crippen molar-refractivity contribution >= 4 is 35.0 Å². The highest BCUT2D eigenvalue weighted by Crippen LogP contribution is 2.23. The number of halogens is 3. The van der Waals surface area contributed by atoms with Crippen molar-refractivity contribution in [2.24, 2.45) is 0 Å². The molecule has 4 N–H and O–H groups in total. The van der Waals surface area contributed by atoms with Crippen LogP contribution in [0.25, 0.3) is 0 Å². The number of anilines is 3. The van der Waals surface area contributed by atoms with E-state index >= 15 is 0 Å². The summed E-state index contributed by atoms with van der Waals surface area (Å²) in [5.41, 5.74) is 0.999. The Morgan fingerprint density at radius 3 is 2.73 bits per heavy atom. The van der Waals surface area contributed by atoms with Gasteiger partial charge >= 0.3 is 0 Å². The molecule has 2 aromatic carbocycles. The molecule has 0 radical (unpaired) electrons. The minimum Gasteiger partial charge on any atom is -0.364 e. The standard InChI is InChI=1S/C23H23ClF2N6O/c24-18-13-29-23(32-21(18)28-12-17-19(25)7-2-8-20(17)26)31-15-5-1-4-14(10-15)22(33)30-16-6-3-9-27-11-16/h1-2,4-5,7-8,10,13,16,27H,3,6,9,11-12H2,(H,30,33)(H2,28,29,31,32). The highest BCUT2D eigenvalue weighted by atomic mass is 35.5. The lowest BCUT2D eigenvalue weighted by atomic mass is 10.1. The predicted molar refractivity (Wildman–Crippen MR) is 124 cm³/mol. The molecule has 7 nitrogen and oxygen atoms in total. The molecule has 0 bridgehead atoms. The zero-order valence-corrected chi connectivity index (χ0v) is 18.4. The van der Waals surface area contributed by atoms with Crippen LogP contribution in [-0.2, 0) is 6.54 Å². The van der Waals surface area contributed by atoms with Crippen molar-refractivity contribution in [2.75, 3.05) is 23.7 Å². The first-order chi connectivity index (χ1) is 16.0. The van der Waals surface area contributed by atoms with Crippen molar-refractivity contribution in [2.45, 2.75) is 25.4 Å². The molecule has 2 heterocycles. The van der Waals surface area contributed by atoms with E-state index in [-0.39, 0.29) is 40.8 Å². The summed E-state index contributed by atoms with van der Waals surface area (Å²) in [5, 5.41) is 12.4. The van der Waals surface area contributed by atoms with Gasteiger partial charge in [0, 0.05) is 35.9 Å². The number of rotatable bonds is 7. The average molecular weight is 473 g/mol. The van der Waals surface area contributed by atoms with Crippen molar-refractivity contribution in [3.63, 3.8) is 0 Å². The average Bonchev–Trinajstić information content (AvgIpc) is 2.81. The maximum atomic E-state index is 13.9. The van der Waals surface area contributed by atoms with Crippen LogP contribution < -0.4 is 21.3 Å². The van der Waals surface area contributed by atoms with Gasteiger partial charge in [0.05, 0.1) is 6.20 Å². The van der Waals surface area contributed by atoms with Gasteiger partial charge < -0.3 is 21.3 Å². The molecular formula is C23H23ClF2N6O. The van der Waals surface area contributed by atoms with Crippen molar-refractivity contribution < 1.29 is 13.6 Å². The Morgan fingerprint density at radius 2 is 1.97 bits per heavy atom. The molecule has 0 spiro atoms. The molecule has 0 saturated carbocycles.